The maximum atomic E-state index is 13.2. The molecule has 0 heterocycles. The minimum Gasteiger partial charge on any atom is -0.298 e. The van der Waals surface area contributed by atoms with Crippen molar-refractivity contribution < 1.29 is 4.79 Å². The van der Waals surface area contributed by atoms with Crippen molar-refractivity contribution in [2.75, 3.05) is 10.7 Å². The van der Waals surface area contributed by atoms with Crippen molar-refractivity contribution in [1.29, 1.82) is 0 Å². The number of rotatable bonds is 4. The summed E-state index contributed by atoms with van der Waals surface area (Å²) >= 11 is 7.31. The Labute approximate surface area is 128 Å². The third kappa shape index (κ3) is 2.72. The highest BCUT2D eigenvalue weighted by atomic mass is 79.9. The van der Waals surface area contributed by atoms with Gasteiger partial charge < -0.3 is 0 Å². The van der Waals surface area contributed by atoms with Crippen LogP contribution in [0.25, 0.3) is 0 Å². The molecule has 0 amide bonds. The van der Waals surface area contributed by atoms with Gasteiger partial charge in [-0.15, -0.1) is 0 Å². The standard InChI is InChI=1S/C15H24Br2O/c16-11-14(7-3-1-4-8-14)13(18)15(12-17)9-5-2-6-10-15/h1-12H2. The Kier molecular flexibility index (Phi) is 5.33. The molecule has 2 aliphatic carbocycles. The Balaban J connectivity index is 2.20. The second kappa shape index (κ2) is 6.39. The fraction of sp³-hybridized carbons (Fsp3) is 0.933. The SMILES string of the molecule is O=C(C1(CBr)CCCCC1)C1(CBr)CCCCC1. The lowest BCUT2D eigenvalue weighted by Crippen LogP contribution is -2.47. The second-order valence-corrected chi connectivity index (χ2v) is 7.40. The van der Waals surface area contributed by atoms with Crippen LogP contribution in [0.4, 0.5) is 0 Å². The van der Waals surface area contributed by atoms with Crippen molar-refractivity contribution in [1.82, 2.24) is 0 Å². The van der Waals surface area contributed by atoms with E-state index in [9.17, 15) is 4.79 Å². The number of hydrogen-bond donors (Lipinski definition) is 0. The molecule has 0 bridgehead atoms. The molecule has 0 aromatic carbocycles. The van der Waals surface area contributed by atoms with E-state index in [1.165, 1.54) is 38.5 Å². The van der Waals surface area contributed by atoms with E-state index in [2.05, 4.69) is 31.9 Å². The molecule has 104 valence electrons. The summed E-state index contributed by atoms with van der Waals surface area (Å²) in [5.74, 6) is 0.572. The summed E-state index contributed by atoms with van der Waals surface area (Å²) in [7, 11) is 0. The fourth-order valence-electron chi connectivity index (χ4n) is 3.86. The van der Waals surface area contributed by atoms with Crippen LogP contribution in [0.3, 0.4) is 0 Å². The summed E-state index contributed by atoms with van der Waals surface area (Å²) in [6.45, 7) is 0. The van der Waals surface area contributed by atoms with Gasteiger partial charge in [0, 0.05) is 21.5 Å². The van der Waals surface area contributed by atoms with Crippen LogP contribution in [-0.4, -0.2) is 16.4 Å². The van der Waals surface area contributed by atoms with E-state index in [1.807, 2.05) is 0 Å². The lowest BCUT2D eigenvalue weighted by atomic mass is 9.61. The summed E-state index contributed by atoms with van der Waals surface area (Å²) in [5.41, 5.74) is -0.104. The Bertz CT molecular complexity index is 261. The smallest absolute Gasteiger partial charge is 0.146 e. The molecular formula is C15H24Br2O. The molecule has 0 atom stereocenters. The predicted octanol–water partition coefficient (Wildman–Crippen LogP) is 5.25. The van der Waals surface area contributed by atoms with Crippen molar-refractivity contribution in [3.05, 3.63) is 0 Å². The summed E-state index contributed by atoms with van der Waals surface area (Å²) < 4.78 is 0. The Morgan fingerprint density at radius 2 is 1.06 bits per heavy atom. The van der Waals surface area contributed by atoms with Crippen LogP contribution in [0.1, 0.15) is 64.2 Å². The van der Waals surface area contributed by atoms with E-state index >= 15 is 0 Å². The number of Topliss-reactive ketones (excluding diaryl/α,β-unsaturated/α-hetero) is 1. The van der Waals surface area contributed by atoms with Crippen LogP contribution >= 0.6 is 31.9 Å². The van der Waals surface area contributed by atoms with Crippen LogP contribution in [0, 0.1) is 10.8 Å². The number of hydrogen-bond acceptors (Lipinski definition) is 1. The van der Waals surface area contributed by atoms with Gasteiger partial charge in [0.15, 0.2) is 0 Å². The second-order valence-electron chi connectivity index (χ2n) is 6.28. The molecule has 3 heteroatoms. The van der Waals surface area contributed by atoms with Gasteiger partial charge in [-0.05, 0) is 25.7 Å². The number of ketones is 1. The van der Waals surface area contributed by atoms with Gasteiger partial charge in [-0.25, -0.2) is 0 Å². The molecule has 18 heavy (non-hydrogen) atoms. The number of carbonyl (C=O) groups is 1. The minimum absolute atomic E-state index is 0.0522. The zero-order valence-electron chi connectivity index (χ0n) is 11.1. The lowest BCUT2D eigenvalue weighted by Gasteiger charge is -2.44. The van der Waals surface area contributed by atoms with Gasteiger partial charge in [0.1, 0.15) is 5.78 Å². The van der Waals surface area contributed by atoms with Gasteiger partial charge >= 0.3 is 0 Å². The molecule has 0 spiro atoms. The first-order chi connectivity index (χ1) is 8.69. The first-order valence-corrected chi connectivity index (χ1v) is 9.60. The average molecular weight is 380 g/mol. The van der Waals surface area contributed by atoms with Crippen LogP contribution < -0.4 is 0 Å². The van der Waals surface area contributed by atoms with Crippen molar-refractivity contribution in [2.45, 2.75) is 64.2 Å². The van der Waals surface area contributed by atoms with E-state index in [4.69, 9.17) is 0 Å². The Hall–Kier alpha value is 0.630. The molecule has 0 aromatic rings. The van der Waals surface area contributed by atoms with Gasteiger partial charge in [-0.1, -0.05) is 70.4 Å². The first kappa shape index (κ1) is 15.0. The maximum Gasteiger partial charge on any atom is 0.146 e. The Morgan fingerprint density at radius 1 is 0.722 bits per heavy atom. The highest BCUT2D eigenvalue weighted by Gasteiger charge is 2.49. The van der Waals surface area contributed by atoms with Crippen molar-refractivity contribution in [3.63, 3.8) is 0 Å². The molecule has 2 aliphatic rings. The number of alkyl halides is 2. The van der Waals surface area contributed by atoms with Crippen molar-refractivity contribution >= 4 is 37.6 Å². The largest absolute Gasteiger partial charge is 0.298 e. The lowest BCUT2D eigenvalue weighted by molar-refractivity contribution is -0.140. The molecule has 0 N–H and O–H groups in total. The van der Waals surface area contributed by atoms with Crippen LogP contribution in [-0.2, 0) is 4.79 Å². The normalized spacial score (nSPS) is 26.8. The summed E-state index contributed by atoms with van der Waals surface area (Å²) in [4.78, 5) is 13.2. The molecule has 1 nitrogen and oxygen atoms in total. The van der Waals surface area contributed by atoms with E-state index in [1.54, 1.807) is 0 Å². The van der Waals surface area contributed by atoms with E-state index in [-0.39, 0.29) is 10.8 Å². The molecular weight excluding hydrogens is 356 g/mol. The third-order valence-electron chi connectivity index (χ3n) is 5.10. The highest BCUT2D eigenvalue weighted by Crippen LogP contribution is 2.49. The van der Waals surface area contributed by atoms with Crippen molar-refractivity contribution in [2.24, 2.45) is 10.8 Å². The zero-order chi connectivity index (χ0) is 13.1. The summed E-state index contributed by atoms with van der Waals surface area (Å²) in [5, 5.41) is 1.74. The molecule has 0 aromatic heterocycles. The molecule has 0 aliphatic heterocycles. The number of carbonyl (C=O) groups excluding carboxylic acids is 1. The molecule has 2 fully saturated rings. The summed E-state index contributed by atoms with van der Waals surface area (Å²) in [6, 6.07) is 0. The van der Waals surface area contributed by atoms with E-state index < -0.39 is 0 Å². The molecule has 0 radical (unpaired) electrons. The molecule has 2 rings (SSSR count). The molecule has 0 unspecified atom stereocenters. The predicted molar refractivity (Wildman–Crippen MR) is 83.6 cm³/mol. The van der Waals surface area contributed by atoms with Gasteiger partial charge in [0.25, 0.3) is 0 Å². The third-order valence-corrected chi connectivity index (χ3v) is 7.24. The summed E-state index contributed by atoms with van der Waals surface area (Å²) in [6.07, 6.45) is 12.0. The maximum absolute atomic E-state index is 13.2. The van der Waals surface area contributed by atoms with Crippen LogP contribution in [0.2, 0.25) is 0 Å². The minimum atomic E-state index is -0.0522. The quantitative estimate of drug-likeness (QED) is 0.610. The first-order valence-electron chi connectivity index (χ1n) is 7.36. The average Bonchev–Trinajstić information content (AvgIpc) is 2.48. The van der Waals surface area contributed by atoms with Crippen molar-refractivity contribution in [3.8, 4) is 0 Å². The molecule has 2 saturated carbocycles. The fourth-order valence-corrected chi connectivity index (χ4v) is 5.49. The van der Waals surface area contributed by atoms with Crippen LogP contribution in [0.15, 0.2) is 0 Å². The van der Waals surface area contributed by atoms with E-state index in [0.717, 1.165) is 36.3 Å². The Morgan fingerprint density at radius 3 is 1.33 bits per heavy atom. The van der Waals surface area contributed by atoms with Crippen LogP contribution in [0.5, 0.6) is 0 Å². The van der Waals surface area contributed by atoms with Gasteiger partial charge in [-0.3, -0.25) is 4.79 Å². The number of halogens is 2. The van der Waals surface area contributed by atoms with Gasteiger partial charge in [0.05, 0.1) is 0 Å². The monoisotopic (exact) mass is 378 g/mol. The van der Waals surface area contributed by atoms with Gasteiger partial charge in [0.2, 0.25) is 0 Å². The van der Waals surface area contributed by atoms with E-state index in [0.29, 0.717) is 5.78 Å². The topological polar surface area (TPSA) is 17.1 Å². The molecule has 0 saturated heterocycles. The zero-order valence-corrected chi connectivity index (χ0v) is 14.3. The highest BCUT2D eigenvalue weighted by molar-refractivity contribution is 9.09. The van der Waals surface area contributed by atoms with Gasteiger partial charge in [-0.2, -0.15) is 0 Å².